The molecule has 0 aliphatic carbocycles. The SMILES string of the molecule is Cc1ccc(CN2Cc3ccccc3CC3(CCN(C(=O)Cc4ccc(Cl)cc4)CC3)C2=O)cc1. The van der Waals surface area contributed by atoms with Crippen molar-refractivity contribution in [3.8, 4) is 0 Å². The minimum atomic E-state index is -0.464. The number of piperidine rings is 1. The molecule has 180 valence electrons. The fourth-order valence-corrected chi connectivity index (χ4v) is 5.57. The molecule has 4 nitrogen and oxygen atoms in total. The van der Waals surface area contributed by atoms with Gasteiger partial charge >= 0.3 is 0 Å². The standard InChI is InChI=1S/C30H31ClN2O2/c1-22-6-8-24(9-7-22)20-33-21-26-5-3-2-4-25(26)19-30(29(33)35)14-16-32(17-15-30)28(34)18-23-10-12-27(31)13-11-23/h2-13H,14-21H2,1H3. The van der Waals surface area contributed by atoms with Crippen molar-refractivity contribution in [1.82, 2.24) is 9.80 Å². The van der Waals surface area contributed by atoms with E-state index in [-0.39, 0.29) is 11.8 Å². The second-order valence-corrected chi connectivity index (χ2v) is 10.5. The summed E-state index contributed by atoms with van der Waals surface area (Å²) in [5.41, 5.74) is 5.35. The van der Waals surface area contributed by atoms with E-state index >= 15 is 0 Å². The molecule has 1 fully saturated rings. The van der Waals surface area contributed by atoms with E-state index in [4.69, 9.17) is 11.6 Å². The number of amides is 2. The van der Waals surface area contributed by atoms with E-state index in [1.807, 2.05) is 34.1 Å². The zero-order chi connectivity index (χ0) is 24.4. The number of halogens is 1. The van der Waals surface area contributed by atoms with Crippen LogP contribution in [0.4, 0.5) is 0 Å². The molecule has 0 bridgehead atoms. The second-order valence-electron chi connectivity index (χ2n) is 10.1. The van der Waals surface area contributed by atoms with Crippen molar-refractivity contribution in [3.05, 3.63) is 106 Å². The molecule has 0 N–H and O–H groups in total. The Hall–Kier alpha value is -3.11. The van der Waals surface area contributed by atoms with Gasteiger partial charge < -0.3 is 9.80 Å². The van der Waals surface area contributed by atoms with Crippen molar-refractivity contribution >= 4 is 23.4 Å². The van der Waals surface area contributed by atoms with E-state index in [0.29, 0.717) is 50.5 Å². The Morgan fingerprint density at radius 2 is 1.51 bits per heavy atom. The molecule has 2 heterocycles. The summed E-state index contributed by atoms with van der Waals surface area (Å²) in [4.78, 5) is 31.0. The number of carbonyl (C=O) groups is 2. The van der Waals surface area contributed by atoms with Crippen LogP contribution in [0, 0.1) is 12.3 Å². The molecule has 2 aliphatic rings. The third-order valence-electron chi connectivity index (χ3n) is 7.59. The van der Waals surface area contributed by atoms with Crippen molar-refractivity contribution in [2.75, 3.05) is 13.1 Å². The van der Waals surface area contributed by atoms with E-state index in [1.165, 1.54) is 16.7 Å². The smallest absolute Gasteiger partial charge is 0.229 e. The lowest BCUT2D eigenvalue weighted by Gasteiger charge is -2.42. The highest BCUT2D eigenvalue weighted by atomic mass is 35.5. The van der Waals surface area contributed by atoms with Crippen molar-refractivity contribution < 1.29 is 9.59 Å². The number of hydrogen-bond acceptors (Lipinski definition) is 2. The van der Waals surface area contributed by atoms with Gasteiger partial charge in [-0.15, -0.1) is 0 Å². The number of carbonyl (C=O) groups excluding carboxylic acids is 2. The Kier molecular flexibility index (Phi) is 6.66. The van der Waals surface area contributed by atoms with Crippen LogP contribution in [0.15, 0.2) is 72.8 Å². The van der Waals surface area contributed by atoms with Crippen LogP contribution in [0.1, 0.15) is 40.7 Å². The first kappa shape index (κ1) is 23.6. The molecule has 3 aromatic rings. The van der Waals surface area contributed by atoms with Crippen molar-refractivity contribution in [2.24, 2.45) is 5.41 Å². The van der Waals surface area contributed by atoms with Crippen LogP contribution in [-0.2, 0) is 35.5 Å². The maximum Gasteiger partial charge on any atom is 0.229 e. The predicted octanol–water partition coefficient (Wildman–Crippen LogP) is 5.58. The lowest BCUT2D eigenvalue weighted by Crippen LogP contribution is -2.51. The zero-order valence-corrected chi connectivity index (χ0v) is 20.9. The summed E-state index contributed by atoms with van der Waals surface area (Å²) in [5.74, 6) is 0.333. The van der Waals surface area contributed by atoms with Crippen LogP contribution in [0.5, 0.6) is 0 Å². The number of nitrogens with zero attached hydrogens (tertiary/aromatic N) is 2. The van der Waals surface area contributed by atoms with E-state index in [2.05, 4.69) is 55.5 Å². The maximum atomic E-state index is 14.1. The summed E-state index contributed by atoms with van der Waals surface area (Å²) in [6.07, 6.45) is 2.49. The Morgan fingerprint density at radius 1 is 0.886 bits per heavy atom. The van der Waals surface area contributed by atoms with Gasteiger partial charge in [-0.05, 0) is 60.6 Å². The largest absolute Gasteiger partial charge is 0.342 e. The molecule has 0 unspecified atom stereocenters. The number of fused-ring (bicyclic) bond motifs is 1. The minimum absolute atomic E-state index is 0.111. The normalized spacial score (nSPS) is 17.3. The zero-order valence-electron chi connectivity index (χ0n) is 20.2. The summed E-state index contributed by atoms with van der Waals surface area (Å²) in [5, 5.41) is 0.670. The summed E-state index contributed by atoms with van der Waals surface area (Å²) < 4.78 is 0. The van der Waals surface area contributed by atoms with Gasteiger partial charge in [-0.3, -0.25) is 9.59 Å². The molecular weight excluding hydrogens is 456 g/mol. The lowest BCUT2D eigenvalue weighted by atomic mass is 9.72. The first-order chi connectivity index (χ1) is 16.9. The molecule has 3 aromatic carbocycles. The molecule has 0 atom stereocenters. The van der Waals surface area contributed by atoms with Crippen molar-refractivity contribution in [2.45, 2.75) is 45.7 Å². The topological polar surface area (TPSA) is 40.6 Å². The number of likely N-dealkylation sites (tertiary alicyclic amines) is 1. The number of hydrogen-bond donors (Lipinski definition) is 0. The average molecular weight is 487 g/mol. The van der Waals surface area contributed by atoms with E-state index < -0.39 is 5.41 Å². The summed E-state index contributed by atoms with van der Waals surface area (Å²) in [6, 6.07) is 24.3. The molecule has 0 saturated carbocycles. The number of benzene rings is 3. The summed E-state index contributed by atoms with van der Waals surface area (Å²) in [6.45, 7) is 4.53. The van der Waals surface area contributed by atoms with Crippen LogP contribution in [0.25, 0.3) is 0 Å². The predicted molar refractivity (Wildman–Crippen MR) is 139 cm³/mol. The van der Waals surface area contributed by atoms with Crippen LogP contribution in [-0.4, -0.2) is 34.7 Å². The molecule has 5 heteroatoms. The van der Waals surface area contributed by atoms with Crippen molar-refractivity contribution in [3.63, 3.8) is 0 Å². The number of aryl methyl sites for hydroxylation is 1. The molecule has 5 rings (SSSR count). The van der Waals surface area contributed by atoms with Gasteiger partial charge in [0, 0.05) is 31.2 Å². The van der Waals surface area contributed by atoms with Gasteiger partial charge in [-0.2, -0.15) is 0 Å². The fourth-order valence-electron chi connectivity index (χ4n) is 5.44. The molecule has 0 radical (unpaired) electrons. The van der Waals surface area contributed by atoms with E-state index in [0.717, 1.165) is 17.5 Å². The Labute approximate surface area is 212 Å². The van der Waals surface area contributed by atoms with Crippen LogP contribution < -0.4 is 0 Å². The summed E-state index contributed by atoms with van der Waals surface area (Å²) >= 11 is 5.98. The highest BCUT2D eigenvalue weighted by molar-refractivity contribution is 6.30. The Bertz CT molecular complexity index is 1210. The van der Waals surface area contributed by atoms with Gasteiger partial charge in [0.15, 0.2) is 0 Å². The molecule has 1 saturated heterocycles. The first-order valence-corrected chi connectivity index (χ1v) is 12.7. The Morgan fingerprint density at radius 3 is 2.20 bits per heavy atom. The van der Waals surface area contributed by atoms with E-state index in [1.54, 1.807) is 0 Å². The van der Waals surface area contributed by atoms with Crippen molar-refractivity contribution in [1.29, 1.82) is 0 Å². The van der Waals surface area contributed by atoms with Gasteiger partial charge in [0.25, 0.3) is 0 Å². The summed E-state index contributed by atoms with van der Waals surface area (Å²) in [7, 11) is 0. The molecule has 2 aliphatic heterocycles. The van der Waals surface area contributed by atoms with Crippen LogP contribution >= 0.6 is 11.6 Å². The fraction of sp³-hybridized carbons (Fsp3) is 0.333. The molecule has 35 heavy (non-hydrogen) atoms. The van der Waals surface area contributed by atoms with Crippen LogP contribution in [0.3, 0.4) is 0 Å². The van der Waals surface area contributed by atoms with Gasteiger partial charge in [0.1, 0.15) is 0 Å². The van der Waals surface area contributed by atoms with Gasteiger partial charge in [0.05, 0.1) is 11.8 Å². The minimum Gasteiger partial charge on any atom is -0.342 e. The molecular formula is C30H31ClN2O2. The third kappa shape index (κ3) is 5.13. The van der Waals surface area contributed by atoms with E-state index in [9.17, 15) is 9.59 Å². The Balaban J connectivity index is 1.34. The second kappa shape index (κ2) is 9.87. The third-order valence-corrected chi connectivity index (χ3v) is 7.84. The molecule has 1 spiro atoms. The number of rotatable bonds is 4. The van der Waals surface area contributed by atoms with Gasteiger partial charge in [-0.1, -0.05) is 77.8 Å². The molecule has 2 amide bonds. The van der Waals surface area contributed by atoms with Crippen LogP contribution in [0.2, 0.25) is 5.02 Å². The average Bonchev–Trinajstić information content (AvgIpc) is 2.97. The molecule has 0 aromatic heterocycles. The lowest BCUT2D eigenvalue weighted by molar-refractivity contribution is -0.148. The van der Waals surface area contributed by atoms with Gasteiger partial charge in [-0.25, -0.2) is 0 Å². The first-order valence-electron chi connectivity index (χ1n) is 12.4. The van der Waals surface area contributed by atoms with Gasteiger partial charge in [0.2, 0.25) is 11.8 Å². The highest BCUT2D eigenvalue weighted by Gasteiger charge is 2.46. The highest BCUT2D eigenvalue weighted by Crippen LogP contribution is 2.41. The maximum absolute atomic E-state index is 14.1. The monoisotopic (exact) mass is 486 g/mol. The quantitative estimate of drug-likeness (QED) is 0.482.